The quantitative estimate of drug-likeness (QED) is 0.540. The summed E-state index contributed by atoms with van der Waals surface area (Å²) in [5.41, 5.74) is -1.36. The van der Waals surface area contributed by atoms with Crippen LogP contribution in [0.1, 0.15) is 17.5 Å². The van der Waals surface area contributed by atoms with Crippen molar-refractivity contribution in [3.8, 4) is 17.6 Å². The van der Waals surface area contributed by atoms with E-state index in [9.17, 15) is 28.5 Å². The smallest absolute Gasteiger partial charge is 0.416 e. The van der Waals surface area contributed by atoms with Gasteiger partial charge in [0.15, 0.2) is 0 Å². The van der Waals surface area contributed by atoms with E-state index < -0.39 is 16.7 Å². The molecule has 1 fully saturated rings. The lowest BCUT2D eigenvalue weighted by Gasteiger charge is -2.17. The van der Waals surface area contributed by atoms with Gasteiger partial charge in [-0.15, -0.1) is 0 Å². The van der Waals surface area contributed by atoms with Gasteiger partial charge in [0.1, 0.15) is 11.8 Å². The summed E-state index contributed by atoms with van der Waals surface area (Å²) >= 11 is 1.74. The maximum atomic E-state index is 12.9. The van der Waals surface area contributed by atoms with Gasteiger partial charge in [-0.05, 0) is 36.4 Å². The Labute approximate surface area is 162 Å². The molecule has 1 heterocycles. The van der Waals surface area contributed by atoms with Gasteiger partial charge in [-0.2, -0.15) is 30.2 Å². The Kier molecular flexibility index (Phi) is 5.65. The lowest BCUT2D eigenvalue weighted by atomic mass is 10.1. The lowest BCUT2D eigenvalue weighted by Crippen LogP contribution is -2.18. The first-order valence-corrected chi connectivity index (χ1v) is 9.36. The number of rotatable bonds is 5. The number of hydrogen-bond donors (Lipinski definition) is 1. The summed E-state index contributed by atoms with van der Waals surface area (Å²) in [6.45, 7) is 0. The molecule has 0 aliphatic carbocycles. The van der Waals surface area contributed by atoms with E-state index in [1.807, 2.05) is 0 Å². The van der Waals surface area contributed by atoms with Crippen molar-refractivity contribution in [2.75, 3.05) is 16.8 Å². The highest BCUT2D eigenvalue weighted by Crippen LogP contribution is 2.41. The Balaban J connectivity index is 2.01. The van der Waals surface area contributed by atoms with Gasteiger partial charge in [0.2, 0.25) is 5.75 Å². The maximum absolute atomic E-state index is 12.9. The van der Waals surface area contributed by atoms with Crippen LogP contribution in [0.3, 0.4) is 0 Å². The Morgan fingerprint density at radius 2 is 2.11 bits per heavy atom. The molecular weight excluding hydrogens is 395 g/mol. The Morgan fingerprint density at radius 1 is 1.32 bits per heavy atom. The molecule has 0 spiro atoms. The molecule has 0 amide bonds. The van der Waals surface area contributed by atoms with E-state index in [2.05, 4.69) is 5.32 Å². The van der Waals surface area contributed by atoms with E-state index in [1.54, 1.807) is 23.9 Å². The van der Waals surface area contributed by atoms with E-state index in [-0.39, 0.29) is 28.8 Å². The molecule has 2 aromatic carbocycles. The summed E-state index contributed by atoms with van der Waals surface area (Å²) in [5, 5.41) is 23.8. The maximum Gasteiger partial charge on any atom is 0.416 e. The molecule has 1 unspecified atom stereocenters. The van der Waals surface area contributed by atoms with Crippen molar-refractivity contribution in [1.82, 2.24) is 0 Å². The van der Waals surface area contributed by atoms with Gasteiger partial charge in [0, 0.05) is 17.9 Å². The van der Waals surface area contributed by atoms with Crippen LogP contribution in [0.5, 0.6) is 11.5 Å². The fourth-order valence-corrected chi connectivity index (χ4v) is 3.90. The number of thioether (sulfide) groups is 1. The normalized spacial score (nSPS) is 16.4. The van der Waals surface area contributed by atoms with E-state index in [1.165, 1.54) is 12.1 Å². The highest BCUT2D eigenvalue weighted by Gasteiger charge is 2.32. The number of nitro benzene ring substituents is 1. The minimum atomic E-state index is -4.62. The zero-order chi connectivity index (χ0) is 20.3. The van der Waals surface area contributed by atoms with Crippen molar-refractivity contribution < 1.29 is 22.8 Å². The number of benzene rings is 2. The molecule has 1 aliphatic heterocycles. The van der Waals surface area contributed by atoms with E-state index in [4.69, 9.17) is 4.74 Å². The topological polar surface area (TPSA) is 88.2 Å². The third kappa shape index (κ3) is 4.31. The molecule has 28 heavy (non-hydrogen) atoms. The van der Waals surface area contributed by atoms with Crippen molar-refractivity contribution in [1.29, 1.82) is 5.26 Å². The Bertz CT molecular complexity index is 938. The van der Waals surface area contributed by atoms with Crippen LogP contribution in [0.4, 0.5) is 24.5 Å². The van der Waals surface area contributed by atoms with Gasteiger partial charge in [-0.3, -0.25) is 10.1 Å². The fourth-order valence-electron chi connectivity index (χ4n) is 2.75. The number of alkyl halides is 3. The van der Waals surface area contributed by atoms with Crippen LogP contribution in [0, 0.1) is 21.4 Å². The molecule has 0 aromatic heterocycles. The summed E-state index contributed by atoms with van der Waals surface area (Å²) in [4.78, 5) is 10.8. The number of nitrogens with one attached hydrogen (secondary N) is 1. The van der Waals surface area contributed by atoms with Crippen LogP contribution in [-0.4, -0.2) is 22.5 Å². The summed E-state index contributed by atoms with van der Waals surface area (Å²) in [7, 11) is 0. The minimum absolute atomic E-state index is 0.0948. The van der Waals surface area contributed by atoms with Gasteiger partial charge in [0.25, 0.3) is 0 Å². The van der Waals surface area contributed by atoms with Crippen molar-refractivity contribution in [3.63, 3.8) is 0 Å². The SMILES string of the molecule is N#Cc1cc(C(F)(F)F)ccc1Oc1c(NC2CCSC2)cccc1[N+](=O)[O-]. The van der Waals surface area contributed by atoms with Gasteiger partial charge >= 0.3 is 11.9 Å². The largest absolute Gasteiger partial charge is 0.447 e. The summed E-state index contributed by atoms with van der Waals surface area (Å²) in [5.74, 6) is 1.46. The van der Waals surface area contributed by atoms with Crippen LogP contribution >= 0.6 is 11.8 Å². The molecule has 0 radical (unpaired) electrons. The summed E-state index contributed by atoms with van der Waals surface area (Å²) in [6.07, 6.45) is -3.74. The average Bonchev–Trinajstić information content (AvgIpc) is 3.15. The molecule has 146 valence electrons. The summed E-state index contributed by atoms with van der Waals surface area (Å²) < 4.78 is 44.2. The second-order valence-electron chi connectivity index (χ2n) is 6.04. The molecule has 1 aliphatic rings. The van der Waals surface area contributed by atoms with Crippen LogP contribution in [0.25, 0.3) is 0 Å². The molecule has 10 heteroatoms. The molecule has 2 aromatic rings. The Hall–Kier alpha value is -2.93. The highest BCUT2D eigenvalue weighted by atomic mass is 32.2. The van der Waals surface area contributed by atoms with Gasteiger partial charge in [-0.1, -0.05) is 6.07 Å². The molecule has 0 saturated carbocycles. The molecule has 0 bridgehead atoms. The van der Waals surface area contributed by atoms with Gasteiger partial charge in [0.05, 0.1) is 21.7 Å². The van der Waals surface area contributed by atoms with Crippen LogP contribution in [-0.2, 0) is 6.18 Å². The van der Waals surface area contributed by atoms with E-state index in [0.29, 0.717) is 11.8 Å². The average molecular weight is 409 g/mol. The highest BCUT2D eigenvalue weighted by molar-refractivity contribution is 7.99. The monoisotopic (exact) mass is 409 g/mol. The Morgan fingerprint density at radius 3 is 2.71 bits per heavy atom. The van der Waals surface area contributed by atoms with Crippen molar-refractivity contribution in [2.45, 2.75) is 18.6 Å². The number of ether oxygens (including phenoxy) is 1. The third-order valence-corrected chi connectivity index (χ3v) is 5.28. The number of para-hydroxylation sites is 1. The molecule has 6 nitrogen and oxygen atoms in total. The first-order chi connectivity index (χ1) is 13.3. The van der Waals surface area contributed by atoms with Gasteiger partial charge in [-0.25, -0.2) is 0 Å². The first-order valence-electron chi connectivity index (χ1n) is 8.20. The van der Waals surface area contributed by atoms with Crippen molar-refractivity contribution in [2.24, 2.45) is 0 Å². The zero-order valence-electron chi connectivity index (χ0n) is 14.3. The van der Waals surface area contributed by atoms with E-state index >= 15 is 0 Å². The number of halogens is 3. The number of hydrogen-bond acceptors (Lipinski definition) is 6. The molecule has 3 rings (SSSR count). The minimum Gasteiger partial charge on any atom is -0.447 e. The third-order valence-electron chi connectivity index (χ3n) is 4.12. The zero-order valence-corrected chi connectivity index (χ0v) is 15.1. The number of nitriles is 1. The predicted octanol–water partition coefficient (Wildman–Crippen LogP) is 5.19. The molecular formula is C18H14F3N3O3S. The lowest BCUT2D eigenvalue weighted by molar-refractivity contribution is -0.385. The fraction of sp³-hybridized carbons (Fsp3) is 0.278. The number of anilines is 1. The number of nitro groups is 1. The standard InChI is InChI=1S/C18H14F3N3O3S/c19-18(20,21)12-4-5-16(11(8-12)9-22)27-17-14(23-13-6-7-28-10-13)2-1-3-15(17)24(25)26/h1-5,8,13,23H,6-7,10H2. The van der Waals surface area contributed by atoms with Gasteiger partial charge < -0.3 is 10.1 Å². The van der Waals surface area contributed by atoms with Crippen molar-refractivity contribution >= 4 is 23.1 Å². The van der Waals surface area contributed by atoms with Crippen LogP contribution in [0.15, 0.2) is 36.4 Å². The van der Waals surface area contributed by atoms with Crippen LogP contribution in [0.2, 0.25) is 0 Å². The molecule has 1 atom stereocenters. The van der Waals surface area contributed by atoms with E-state index in [0.717, 1.165) is 30.1 Å². The van der Waals surface area contributed by atoms with Crippen LogP contribution < -0.4 is 10.1 Å². The predicted molar refractivity (Wildman–Crippen MR) is 98.7 cm³/mol. The molecule has 1 N–H and O–H groups in total. The number of nitrogens with zero attached hydrogens (tertiary/aromatic N) is 2. The summed E-state index contributed by atoms with van der Waals surface area (Å²) in [6, 6.07) is 8.49. The second-order valence-corrected chi connectivity index (χ2v) is 7.19. The molecule has 1 saturated heterocycles. The van der Waals surface area contributed by atoms with Crippen molar-refractivity contribution in [3.05, 3.63) is 57.6 Å². The second kappa shape index (κ2) is 7.98. The first kappa shape index (κ1) is 19.8.